The fourth-order valence-corrected chi connectivity index (χ4v) is 2.21. The molecule has 1 amide bonds. The Morgan fingerprint density at radius 2 is 2.28 bits per heavy atom. The molecule has 2 rings (SSSR count). The van der Waals surface area contributed by atoms with Crippen molar-refractivity contribution in [3.63, 3.8) is 0 Å². The highest BCUT2D eigenvalue weighted by atomic mass is 35.5. The topological polar surface area (TPSA) is 29.5 Å². The van der Waals surface area contributed by atoms with Crippen LogP contribution in [0.5, 0.6) is 0 Å². The number of rotatable bonds is 2. The van der Waals surface area contributed by atoms with Gasteiger partial charge in [-0.15, -0.1) is 0 Å². The predicted octanol–water partition coefficient (Wildman–Crippen LogP) is 3.63. The molecule has 3 nitrogen and oxygen atoms in total. The number of nitrogens with zero attached hydrogens (tertiary/aromatic N) is 1. The van der Waals surface area contributed by atoms with Crippen LogP contribution in [0.15, 0.2) is 18.2 Å². The Hall–Kier alpha value is -1.22. The summed E-state index contributed by atoms with van der Waals surface area (Å²) in [7, 11) is 0. The summed E-state index contributed by atoms with van der Waals surface area (Å²) in [5.74, 6) is 0. The van der Waals surface area contributed by atoms with Crippen molar-refractivity contribution in [2.24, 2.45) is 0 Å². The van der Waals surface area contributed by atoms with E-state index in [0.29, 0.717) is 18.1 Å². The minimum atomic E-state index is -0.227. The normalized spacial score (nSPS) is 16.1. The van der Waals surface area contributed by atoms with Gasteiger partial charge < -0.3 is 9.64 Å². The molecule has 1 atom stereocenters. The lowest BCUT2D eigenvalue weighted by Gasteiger charge is -2.29. The summed E-state index contributed by atoms with van der Waals surface area (Å²) in [6.45, 7) is 5.21. The van der Waals surface area contributed by atoms with Crippen molar-refractivity contribution in [3.8, 4) is 0 Å². The van der Waals surface area contributed by atoms with E-state index in [1.807, 2.05) is 32.0 Å². The zero-order valence-corrected chi connectivity index (χ0v) is 11.5. The summed E-state index contributed by atoms with van der Waals surface area (Å²) in [4.78, 5) is 13.7. The molecular weight excluding hydrogens is 250 g/mol. The van der Waals surface area contributed by atoms with Gasteiger partial charge in [-0.25, -0.2) is 4.79 Å². The van der Waals surface area contributed by atoms with Gasteiger partial charge in [0.15, 0.2) is 0 Å². The van der Waals surface area contributed by atoms with Crippen LogP contribution in [0, 0.1) is 0 Å². The van der Waals surface area contributed by atoms with Gasteiger partial charge in [-0.2, -0.15) is 0 Å². The smallest absolute Gasteiger partial charge is 0.410 e. The molecule has 0 saturated heterocycles. The molecule has 0 aromatic heterocycles. The number of ether oxygens (including phenoxy) is 1. The Kier molecular flexibility index (Phi) is 4.12. The van der Waals surface area contributed by atoms with Gasteiger partial charge >= 0.3 is 6.09 Å². The largest absolute Gasteiger partial charge is 0.446 e. The number of carbonyl (C=O) groups is 1. The molecule has 0 aliphatic carbocycles. The second-order valence-corrected chi connectivity index (χ2v) is 5.12. The molecule has 1 aromatic rings. The van der Waals surface area contributed by atoms with E-state index in [0.717, 1.165) is 18.4 Å². The Morgan fingerprint density at radius 1 is 1.50 bits per heavy atom. The highest BCUT2D eigenvalue weighted by Crippen LogP contribution is 2.23. The monoisotopic (exact) mass is 267 g/mol. The van der Waals surface area contributed by atoms with Crippen molar-refractivity contribution in [1.29, 1.82) is 0 Å². The number of halogens is 1. The minimum Gasteiger partial charge on any atom is -0.446 e. The molecule has 98 valence electrons. The van der Waals surface area contributed by atoms with E-state index in [9.17, 15) is 4.79 Å². The highest BCUT2D eigenvalue weighted by Gasteiger charge is 2.22. The summed E-state index contributed by atoms with van der Waals surface area (Å²) in [5, 5.41) is 0.714. The molecule has 0 N–H and O–H groups in total. The first kappa shape index (κ1) is 13.2. The van der Waals surface area contributed by atoms with E-state index in [4.69, 9.17) is 16.3 Å². The average Bonchev–Trinajstić information content (AvgIpc) is 2.37. The molecule has 1 aliphatic rings. The number of carbonyl (C=O) groups excluding carboxylic acids is 1. The fourth-order valence-electron chi connectivity index (χ4n) is 2.01. The lowest BCUT2D eigenvalue weighted by atomic mass is 10.0. The van der Waals surface area contributed by atoms with Crippen LogP contribution in [0.25, 0.3) is 0 Å². The Balaban J connectivity index is 2.05. The van der Waals surface area contributed by atoms with E-state index < -0.39 is 0 Å². The summed E-state index contributed by atoms with van der Waals surface area (Å²) < 4.78 is 5.34. The summed E-state index contributed by atoms with van der Waals surface area (Å²) >= 11 is 5.98. The lowest BCUT2D eigenvalue weighted by molar-refractivity contribution is 0.0648. The SMILES string of the molecule is CC[C@@H](C)OC(=O)N1CCc2ccc(Cl)cc2C1. The third kappa shape index (κ3) is 2.96. The van der Waals surface area contributed by atoms with Gasteiger partial charge in [-0.05, 0) is 43.0 Å². The van der Waals surface area contributed by atoms with Crippen molar-refractivity contribution < 1.29 is 9.53 Å². The maximum Gasteiger partial charge on any atom is 0.410 e. The van der Waals surface area contributed by atoms with Crippen molar-refractivity contribution in [2.45, 2.75) is 39.3 Å². The van der Waals surface area contributed by atoms with Gasteiger partial charge in [0.2, 0.25) is 0 Å². The van der Waals surface area contributed by atoms with Gasteiger partial charge in [0.1, 0.15) is 6.10 Å². The van der Waals surface area contributed by atoms with Crippen molar-refractivity contribution >= 4 is 17.7 Å². The van der Waals surface area contributed by atoms with E-state index >= 15 is 0 Å². The van der Waals surface area contributed by atoms with Gasteiger partial charge in [-0.3, -0.25) is 0 Å². The van der Waals surface area contributed by atoms with E-state index in [-0.39, 0.29) is 12.2 Å². The molecular formula is C14H18ClNO2. The number of amides is 1. The molecule has 0 saturated carbocycles. The lowest BCUT2D eigenvalue weighted by Crippen LogP contribution is -2.37. The number of hydrogen-bond acceptors (Lipinski definition) is 2. The second kappa shape index (κ2) is 5.61. The quantitative estimate of drug-likeness (QED) is 0.819. The van der Waals surface area contributed by atoms with Gasteiger partial charge in [-0.1, -0.05) is 24.6 Å². The van der Waals surface area contributed by atoms with Crippen LogP contribution >= 0.6 is 11.6 Å². The molecule has 0 radical (unpaired) electrons. The Bertz CT molecular complexity index is 447. The fraction of sp³-hybridized carbons (Fsp3) is 0.500. The van der Waals surface area contributed by atoms with Crippen molar-refractivity contribution in [2.75, 3.05) is 6.54 Å². The van der Waals surface area contributed by atoms with Crippen LogP contribution in [-0.2, 0) is 17.7 Å². The van der Waals surface area contributed by atoms with Crippen LogP contribution in [0.3, 0.4) is 0 Å². The third-order valence-electron chi connectivity index (χ3n) is 3.32. The van der Waals surface area contributed by atoms with Gasteiger partial charge in [0.25, 0.3) is 0 Å². The predicted molar refractivity (Wildman–Crippen MR) is 71.8 cm³/mol. The van der Waals surface area contributed by atoms with Crippen molar-refractivity contribution in [3.05, 3.63) is 34.3 Å². The summed E-state index contributed by atoms with van der Waals surface area (Å²) in [5.41, 5.74) is 2.39. The van der Waals surface area contributed by atoms with Gasteiger partial charge in [0, 0.05) is 18.1 Å². The van der Waals surface area contributed by atoms with Crippen LogP contribution in [-0.4, -0.2) is 23.6 Å². The van der Waals surface area contributed by atoms with Crippen LogP contribution in [0.4, 0.5) is 4.79 Å². The highest BCUT2D eigenvalue weighted by molar-refractivity contribution is 6.30. The number of fused-ring (bicyclic) bond motifs is 1. The van der Waals surface area contributed by atoms with Crippen molar-refractivity contribution in [1.82, 2.24) is 4.90 Å². The maximum atomic E-state index is 11.9. The molecule has 4 heteroatoms. The Morgan fingerprint density at radius 3 is 3.00 bits per heavy atom. The van der Waals surface area contributed by atoms with E-state index in [1.54, 1.807) is 4.90 Å². The molecule has 18 heavy (non-hydrogen) atoms. The first-order valence-corrected chi connectivity index (χ1v) is 6.70. The van der Waals surface area contributed by atoms with Gasteiger partial charge in [0.05, 0.1) is 0 Å². The summed E-state index contributed by atoms with van der Waals surface area (Å²) in [6, 6.07) is 5.86. The second-order valence-electron chi connectivity index (χ2n) is 4.69. The standard InChI is InChI=1S/C14H18ClNO2/c1-3-10(2)18-14(17)16-7-6-11-4-5-13(15)8-12(11)9-16/h4-5,8,10H,3,6-7,9H2,1-2H3/t10-/m1/s1. The zero-order valence-electron chi connectivity index (χ0n) is 10.8. The maximum absolute atomic E-state index is 11.9. The number of benzene rings is 1. The first-order chi connectivity index (χ1) is 8.60. The van der Waals surface area contributed by atoms with E-state index in [2.05, 4.69) is 0 Å². The minimum absolute atomic E-state index is 0.0294. The molecule has 0 unspecified atom stereocenters. The molecule has 0 bridgehead atoms. The summed E-state index contributed by atoms with van der Waals surface area (Å²) in [6.07, 6.45) is 1.44. The van der Waals surface area contributed by atoms with Crippen LogP contribution < -0.4 is 0 Å². The third-order valence-corrected chi connectivity index (χ3v) is 3.55. The molecule has 1 heterocycles. The number of hydrogen-bond donors (Lipinski definition) is 0. The zero-order chi connectivity index (χ0) is 13.1. The first-order valence-electron chi connectivity index (χ1n) is 6.33. The molecule has 0 spiro atoms. The van der Waals surface area contributed by atoms with Crippen LogP contribution in [0.2, 0.25) is 5.02 Å². The average molecular weight is 268 g/mol. The molecule has 1 aromatic carbocycles. The van der Waals surface area contributed by atoms with Crippen LogP contribution in [0.1, 0.15) is 31.4 Å². The molecule has 0 fully saturated rings. The van der Waals surface area contributed by atoms with E-state index in [1.165, 1.54) is 5.56 Å². The molecule has 1 aliphatic heterocycles. The Labute approximate surface area is 113 Å².